The van der Waals surface area contributed by atoms with Gasteiger partial charge in [0.05, 0.1) is 25.3 Å². The van der Waals surface area contributed by atoms with Gasteiger partial charge in [-0.15, -0.1) is 0 Å². The SMILES string of the molecule is C.O=C(O)c1ccc(OCc2ccccc2)nc1.OCc1ccccc1.[C-]#[N+]c1ccc(Cl)nc1.[C-]#[N+]c1ccc(OCc2ccccc2)nc1. The molecule has 0 saturated carbocycles. The van der Waals surface area contributed by atoms with E-state index in [1.165, 1.54) is 24.7 Å². The first-order valence-electron chi connectivity index (χ1n) is 14.9. The van der Waals surface area contributed by atoms with E-state index in [-0.39, 0.29) is 19.6 Å². The lowest BCUT2D eigenvalue weighted by Crippen LogP contribution is -2.00. The third-order valence-electron chi connectivity index (χ3n) is 6.16. The zero-order valence-electron chi connectivity index (χ0n) is 26.7. The van der Waals surface area contributed by atoms with E-state index in [4.69, 9.17) is 44.4 Å². The van der Waals surface area contributed by atoms with Gasteiger partial charge in [0.1, 0.15) is 18.4 Å². The maximum atomic E-state index is 10.6. The van der Waals surface area contributed by atoms with Gasteiger partial charge in [-0.3, -0.25) is 4.98 Å². The van der Waals surface area contributed by atoms with Gasteiger partial charge in [-0.2, -0.15) is 0 Å². The van der Waals surface area contributed by atoms with Gasteiger partial charge in [0.25, 0.3) is 0 Å². The Morgan fingerprint density at radius 1 is 0.608 bits per heavy atom. The number of ether oxygens (including phenoxy) is 2. The molecule has 51 heavy (non-hydrogen) atoms. The molecule has 6 aromatic rings. The Hall–Kier alpha value is -6.59. The van der Waals surface area contributed by atoms with Crippen LogP contribution in [0.3, 0.4) is 0 Å². The van der Waals surface area contributed by atoms with E-state index in [9.17, 15) is 4.79 Å². The van der Waals surface area contributed by atoms with E-state index < -0.39 is 5.97 Å². The number of aromatic nitrogens is 3. The summed E-state index contributed by atoms with van der Waals surface area (Å²) in [5, 5.41) is 17.7. The summed E-state index contributed by atoms with van der Waals surface area (Å²) in [6.45, 7) is 14.4. The Bertz CT molecular complexity index is 1920. The average molecular weight is 702 g/mol. The van der Waals surface area contributed by atoms with Crippen molar-refractivity contribution >= 4 is 28.9 Å². The highest BCUT2D eigenvalue weighted by atomic mass is 35.5. The number of hydrogen-bond acceptors (Lipinski definition) is 7. The summed E-state index contributed by atoms with van der Waals surface area (Å²) in [6, 6.07) is 38.7. The highest BCUT2D eigenvalue weighted by Gasteiger charge is 2.03. The van der Waals surface area contributed by atoms with Gasteiger partial charge in [0.15, 0.2) is 0 Å². The Balaban J connectivity index is 0.000000245. The molecule has 3 aromatic heterocycles. The summed E-state index contributed by atoms with van der Waals surface area (Å²) >= 11 is 5.45. The normalized spacial score (nSPS) is 9.18. The summed E-state index contributed by atoms with van der Waals surface area (Å²) < 4.78 is 10.9. The average Bonchev–Trinajstić information content (AvgIpc) is 3.19. The summed E-state index contributed by atoms with van der Waals surface area (Å²) in [5.74, 6) is -0.0396. The molecule has 3 heterocycles. The van der Waals surface area contributed by atoms with Crippen LogP contribution in [0.1, 0.15) is 34.5 Å². The second-order valence-corrected chi connectivity index (χ2v) is 10.2. The highest BCUT2D eigenvalue weighted by Crippen LogP contribution is 2.15. The minimum Gasteiger partial charge on any atom is -0.478 e. The lowest BCUT2D eigenvalue weighted by Gasteiger charge is -2.04. The number of nitrogens with zero attached hydrogens (tertiary/aromatic N) is 5. The quantitative estimate of drug-likeness (QED) is 0.119. The van der Waals surface area contributed by atoms with Crippen molar-refractivity contribution in [3.8, 4) is 11.8 Å². The molecule has 0 atom stereocenters. The predicted molar refractivity (Wildman–Crippen MR) is 198 cm³/mol. The molecule has 0 aliphatic heterocycles. The molecule has 0 fully saturated rings. The van der Waals surface area contributed by atoms with Crippen LogP contribution < -0.4 is 9.47 Å². The predicted octanol–water partition coefficient (Wildman–Crippen LogP) is 9.67. The van der Waals surface area contributed by atoms with E-state index >= 15 is 0 Å². The molecule has 0 aliphatic rings. The number of aromatic carboxylic acids is 1. The molecule has 11 heteroatoms. The zero-order chi connectivity index (χ0) is 35.8. The molecule has 10 nitrogen and oxygen atoms in total. The molecule has 0 radical (unpaired) electrons. The molecule has 2 N–H and O–H groups in total. The van der Waals surface area contributed by atoms with Crippen LogP contribution in [0, 0.1) is 13.1 Å². The van der Waals surface area contributed by atoms with Crippen LogP contribution in [0.2, 0.25) is 5.15 Å². The monoisotopic (exact) mass is 701 g/mol. The highest BCUT2D eigenvalue weighted by molar-refractivity contribution is 6.29. The van der Waals surface area contributed by atoms with Crippen LogP contribution in [0.15, 0.2) is 146 Å². The molecule has 0 saturated heterocycles. The number of hydrogen-bond donors (Lipinski definition) is 2. The Morgan fingerprint density at radius 2 is 1.04 bits per heavy atom. The van der Waals surface area contributed by atoms with Crippen molar-refractivity contribution < 1.29 is 24.5 Å². The van der Waals surface area contributed by atoms with Crippen LogP contribution in [-0.2, 0) is 19.8 Å². The van der Waals surface area contributed by atoms with Crippen molar-refractivity contribution in [2.75, 3.05) is 0 Å². The van der Waals surface area contributed by atoms with Crippen LogP contribution in [0.25, 0.3) is 9.69 Å². The molecule has 0 amide bonds. The number of carboxylic acids is 1. The van der Waals surface area contributed by atoms with E-state index in [0.717, 1.165) is 16.7 Å². The van der Waals surface area contributed by atoms with Crippen molar-refractivity contribution in [1.29, 1.82) is 0 Å². The molecule has 6 rings (SSSR count). The molecule has 0 bridgehead atoms. The van der Waals surface area contributed by atoms with Crippen LogP contribution in [-0.4, -0.2) is 31.1 Å². The van der Waals surface area contributed by atoms with Crippen molar-refractivity contribution in [2.24, 2.45) is 0 Å². The Kier molecular flexibility index (Phi) is 18.9. The summed E-state index contributed by atoms with van der Waals surface area (Å²) in [7, 11) is 0. The lowest BCUT2D eigenvalue weighted by atomic mass is 10.2. The van der Waals surface area contributed by atoms with Crippen LogP contribution >= 0.6 is 11.6 Å². The second kappa shape index (κ2) is 23.7. The van der Waals surface area contributed by atoms with E-state index in [1.807, 2.05) is 91.0 Å². The van der Waals surface area contributed by atoms with Gasteiger partial charge in [-0.25, -0.2) is 24.5 Å². The fourth-order valence-corrected chi connectivity index (χ4v) is 3.71. The van der Waals surface area contributed by atoms with Crippen molar-refractivity contribution in [3.05, 3.63) is 196 Å². The first-order valence-corrected chi connectivity index (χ1v) is 15.3. The van der Waals surface area contributed by atoms with Crippen LogP contribution in [0.5, 0.6) is 11.8 Å². The fraction of sp³-hybridized carbons (Fsp3) is 0.100. The molecular formula is C40H36ClN5O5. The molecule has 0 spiro atoms. The third-order valence-corrected chi connectivity index (χ3v) is 6.38. The van der Waals surface area contributed by atoms with Crippen molar-refractivity contribution in [2.45, 2.75) is 27.2 Å². The number of carboxylic acid groups (broad SMARTS) is 1. The number of carbonyl (C=O) groups is 1. The number of rotatable bonds is 8. The summed E-state index contributed by atoms with van der Waals surface area (Å²) in [5.41, 5.74) is 4.28. The standard InChI is InChI=1S/C13H10N2O.C13H11NO3.C7H8O.C6H3ClN2.CH4/c1-14-12-7-8-13(15-9-12)16-10-11-5-3-2-4-6-11;15-13(16)11-6-7-12(14-8-11)17-9-10-4-2-1-3-5-10;8-6-7-4-2-1-3-5-7;1-8-5-2-3-6(7)9-4-5;/h2-9H,10H2;1-8H,9H2,(H,15,16);1-5,8H,6H2;2-4H;1H4. The smallest absolute Gasteiger partial charge is 0.337 e. The lowest BCUT2D eigenvalue weighted by molar-refractivity contribution is 0.0696. The Labute approximate surface area is 302 Å². The number of halogens is 1. The molecule has 258 valence electrons. The number of pyridine rings is 3. The fourth-order valence-electron chi connectivity index (χ4n) is 3.60. The Morgan fingerprint density at radius 3 is 1.37 bits per heavy atom. The van der Waals surface area contributed by atoms with Crippen molar-refractivity contribution in [3.63, 3.8) is 0 Å². The van der Waals surface area contributed by atoms with Crippen molar-refractivity contribution in [1.82, 2.24) is 15.0 Å². The van der Waals surface area contributed by atoms with Gasteiger partial charge in [-0.05, 0) is 41.0 Å². The second-order valence-electron chi connectivity index (χ2n) is 9.80. The topological polar surface area (TPSA) is 123 Å². The minimum absolute atomic E-state index is 0. The maximum absolute atomic E-state index is 10.6. The van der Waals surface area contributed by atoms with Gasteiger partial charge in [0, 0.05) is 24.7 Å². The van der Waals surface area contributed by atoms with E-state index in [1.54, 1.807) is 30.3 Å². The number of aliphatic hydroxyl groups excluding tert-OH is 1. The minimum atomic E-state index is -0.993. The van der Waals surface area contributed by atoms with Gasteiger partial charge >= 0.3 is 5.97 Å². The molecule has 3 aromatic carbocycles. The van der Waals surface area contributed by atoms with Gasteiger partial charge in [0.2, 0.25) is 23.1 Å². The first-order chi connectivity index (χ1) is 24.4. The van der Waals surface area contributed by atoms with Crippen LogP contribution in [0.4, 0.5) is 11.4 Å². The summed E-state index contributed by atoms with van der Waals surface area (Å²) in [4.78, 5) is 28.7. The summed E-state index contributed by atoms with van der Waals surface area (Å²) in [6.07, 6.45) is 4.23. The first kappa shape index (κ1) is 40.6. The molecule has 0 unspecified atom stereocenters. The van der Waals surface area contributed by atoms with E-state index in [0.29, 0.717) is 41.5 Å². The van der Waals surface area contributed by atoms with Gasteiger partial charge < -0.3 is 19.7 Å². The number of aliphatic hydroxyl groups is 1. The molecule has 0 aliphatic carbocycles. The zero-order valence-corrected chi connectivity index (χ0v) is 27.5. The maximum Gasteiger partial charge on any atom is 0.337 e. The largest absolute Gasteiger partial charge is 0.478 e. The molecular weight excluding hydrogens is 666 g/mol. The van der Waals surface area contributed by atoms with E-state index in [2.05, 4.69) is 24.6 Å². The number of benzene rings is 3. The third kappa shape index (κ3) is 16.4. The van der Waals surface area contributed by atoms with Gasteiger partial charge in [-0.1, -0.05) is 116 Å².